The van der Waals surface area contributed by atoms with Gasteiger partial charge in [0.15, 0.2) is 5.13 Å². The third kappa shape index (κ3) is 3.61. The molecule has 0 spiro atoms. The lowest BCUT2D eigenvalue weighted by Gasteiger charge is -2.26. The number of hydrazine groups is 2. The largest absolute Gasteiger partial charge is 0.312 e. The summed E-state index contributed by atoms with van der Waals surface area (Å²) in [6, 6.07) is 6.40. The van der Waals surface area contributed by atoms with Crippen LogP contribution in [0, 0.1) is 0 Å². The number of aromatic nitrogens is 1. The third-order valence-corrected chi connectivity index (χ3v) is 8.02. The van der Waals surface area contributed by atoms with E-state index in [4.69, 9.17) is 11.7 Å². The van der Waals surface area contributed by atoms with E-state index in [1.165, 1.54) is 47.0 Å². The topological polar surface area (TPSA) is 201 Å². The monoisotopic (exact) mass is 490 g/mol. The van der Waals surface area contributed by atoms with Crippen molar-refractivity contribution in [3.05, 3.63) is 30.3 Å². The van der Waals surface area contributed by atoms with Crippen LogP contribution in [0.15, 0.2) is 45.0 Å². The number of rotatable bonds is 5. The lowest BCUT2D eigenvalue weighted by Crippen LogP contribution is -2.42. The minimum absolute atomic E-state index is 0.222. The van der Waals surface area contributed by atoms with Crippen molar-refractivity contribution in [3.8, 4) is 0 Å². The summed E-state index contributed by atoms with van der Waals surface area (Å²) in [4.78, 5) is 5.72. The Hall–Kier alpha value is -2.02. The van der Waals surface area contributed by atoms with Gasteiger partial charge in [0.05, 0.1) is 25.9 Å². The number of nitrogen functional groups attached to an aromatic ring is 1. The fourth-order valence-corrected chi connectivity index (χ4v) is 6.00. The van der Waals surface area contributed by atoms with Gasteiger partial charge < -0.3 is 4.90 Å². The molecule has 16 heteroatoms. The molecule has 0 radical (unpaired) electrons. The Morgan fingerprint density at radius 1 is 1.00 bits per heavy atom. The average molecular weight is 491 g/mol. The number of benzene rings is 2. The highest BCUT2D eigenvalue weighted by molar-refractivity contribution is 8.00. The van der Waals surface area contributed by atoms with Crippen molar-refractivity contribution in [3.63, 3.8) is 0 Å². The third-order valence-electron chi connectivity index (χ3n) is 4.23. The fourth-order valence-electron chi connectivity index (χ4n) is 2.99. The first kappa shape index (κ1) is 21.2. The van der Waals surface area contributed by atoms with Gasteiger partial charge in [0.1, 0.15) is 11.0 Å². The number of hydrogen-bond donors (Lipinski definition) is 6. The first-order chi connectivity index (χ1) is 14.0. The van der Waals surface area contributed by atoms with Crippen molar-refractivity contribution < 1.29 is 25.9 Å². The highest BCUT2D eigenvalue weighted by Gasteiger charge is 2.34. The highest BCUT2D eigenvalue weighted by atomic mass is 32.2. The standard InChI is InChI=1S/C14H14N6O6S4/c15-18-13-17-12-9(4-7(30(24,25)26)5-11(12)27-13)20-8-3-6(29(21,22)23)1-2-10(8)28-14(20)19-16/h1-5,14,19H,15-16H2,(H,17,18)(H,21,22,23)(H,24,25,26). The van der Waals surface area contributed by atoms with E-state index in [-0.39, 0.29) is 15.7 Å². The van der Waals surface area contributed by atoms with Gasteiger partial charge in [-0.15, -0.1) is 0 Å². The van der Waals surface area contributed by atoms with Crippen molar-refractivity contribution in [2.24, 2.45) is 11.7 Å². The summed E-state index contributed by atoms with van der Waals surface area (Å²) in [5, 5.41) is 0.287. The number of anilines is 3. The molecule has 0 fully saturated rings. The van der Waals surface area contributed by atoms with E-state index in [2.05, 4.69) is 15.8 Å². The van der Waals surface area contributed by atoms with Crippen molar-refractivity contribution in [2.45, 2.75) is 20.2 Å². The van der Waals surface area contributed by atoms with Gasteiger partial charge in [-0.25, -0.2) is 16.3 Å². The van der Waals surface area contributed by atoms with Crippen molar-refractivity contribution >= 4 is 70.1 Å². The summed E-state index contributed by atoms with van der Waals surface area (Å²) in [6.45, 7) is 0. The molecule has 4 rings (SSSR count). The zero-order valence-electron chi connectivity index (χ0n) is 14.7. The SMILES string of the molecule is NNc1nc2c(N3c4cc(S(=O)(=O)O)ccc4SC3NN)cc(S(=O)(=O)O)cc2s1. The Kier molecular flexibility index (Phi) is 5.16. The van der Waals surface area contributed by atoms with Crippen LogP contribution in [0.4, 0.5) is 16.5 Å². The van der Waals surface area contributed by atoms with Gasteiger partial charge in [-0.1, -0.05) is 23.1 Å². The van der Waals surface area contributed by atoms with E-state index in [1.807, 2.05) is 0 Å². The molecule has 1 atom stereocenters. The van der Waals surface area contributed by atoms with Crippen molar-refractivity contribution in [2.75, 3.05) is 10.3 Å². The second-order valence-corrected chi connectivity index (χ2v) is 11.0. The Morgan fingerprint density at radius 2 is 1.67 bits per heavy atom. The van der Waals surface area contributed by atoms with E-state index in [9.17, 15) is 25.9 Å². The maximum Gasteiger partial charge on any atom is 0.294 e. The van der Waals surface area contributed by atoms with Gasteiger partial charge in [0, 0.05) is 4.90 Å². The Bertz CT molecular complexity index is 1370. The van der Waals surface area contributed by atoms with Gasteiger partial charge in [-0.2, -0.15) is 16.8 Å². The minimum Gasteiger partial charge on any atom is -0.312 e. The molecule has 160 valence electrons. The molecule has 2 aromatic carbocycles. The van der Waals surface area contributed by atoms with E-state index < -0.39 is 30.6 Å². The summed E-state index contributed by atoms with van der Waals surface area (Å²) in [6.07, 6.45) is 0. The van der Waals surface area contributed by atoms with Crippen LogP contribution in [-0.2, 0) is 20.2 Å². The van der Waals surface area contributed by atoms with Gasteiger partial charge >= 0.3 is 0 Å². The predicted molar refractivity (Wildman–Crippen MR) is 113 cm³/mol. The number of nitrogens with one attached hydrogen (secondary N) is 2. The second-order valence-electron chi connectivity index (χ2n) is 6.04. The molecule has 1 unspecified atom stereocenters. The van der Waals surface area contributed by atoms with E-state index in [1.54, 1.807) is 0 Å². The smallest absolute Gasteiger partial charge is 0.294 e. The molecule has 12 nitrogen and oxygen atoms in total. The number of hydrogen-bond acceptors (Lipinski definition) is 12. The lowest BCUT2D eigenvalue weighted by atomic mass is 10.2. The maximum atomic E-state index is 11.8. The van der Waals surface area contributed by atoms with Crippen LogP contribution in [0.1, 0.15) is 0 Å². The van der Waals surface area contributed by atoms with E-state index >= 15 is 0 Å². The first-order valence-electron chi connectivity index (χ1n) is 7.95. The number of nitrogens with two attached hydrogens (primary N) is 2. The molecule has 0 saturated carbocycles. The molecule has 1 aliphatic rings. The molecule has 8 N–H and O–H groups in total. The van der Waals surface area contributed by atoms with Crippen LogP contribution in [0.5, 0.6) is 0 Å². The number of nitrogens with zero attached hydrogens (tertiary/aromatic N) is 2. The summed E-state index contributed by atoms with van der Waals surface area (Å²) in [5.41, 5.74) is 5.17. The van der Waals surface area contributed by atoms with Crippen molar-refractivity contribution in [1.82, 2.24) is 10.4 Å². The Labute approximate surface area is 178 Å². The summed E-state index contributed by atoms with van der Waals surface area (Å²) in [7, 11) is -9.06. The van der Waals surface area contributed by atoms with Gasteiger partial charge in [-0.05, 0) is 30.3 Å². The quantitative estimate of drug-likeness (QED) is 0.169. The molecule has 30 heavy (non-hydrogen) atoms. The molecule has 2 heterocycles. The number of thiazole rings is 1. The number of fused-ring (bicyclic) bond motifs is 2. The van der Waals surface area contributed by atoms with Gasteiger partial charge in [-0.3, -0.25) is 20.4 Å². The molecular formula is C14H14N6O6S4. The zero-order valence-corrected chi connectivity index (χ0v) is 17.9. The van der Waals surface area contributed by atoms with E-state index in [0.29, 0.717) is 20.8 Å². The highest BCUT2D eigenvalue weighted by Crippen LogP contribution is 2.49. The van der Waals surface area contributed by atoms with Crippen LogP contribution in [-0.4, -0.2) is 36.4 Å². The fraction of sp³-hybridized carbons (Fsp3) is 0.0714. The summed E-state index contributed by atoms with van der Waals surface area (Å²) < 4.78 is 66.3. The zero-order chi connectivity index (χ0) is 21.8. The average Bonchev–Trinajstić information content (AvgIpc) is 3.25. The van der Waals surface area contributed by atoms with Crippen molar-refractivity contribution in [1.29, 1.82) is 0 Å². The maximum absolute atomic E-state index is 11.8. The summed E-state index contributed by atoms with van der Waals surface area (Å²) >= 11 is 2.28. The molecule has 3 aromatic rings. The lowest BCUT2D eigenvalue weighted by molar-refractivity contribution is 0.481. The van der Waals surface area contributed by atoms with E-state index in [0.717, 1.165) is 11.3 Å². The Morgan fingerprint density at radius 3 is 2.27 bits per heavy atom. The molecule has 1 aromatic heterocycles. The molecule has 1 aliphatic heterocycles. The van der Waals surface area contributed by atoms with Gasteiger partial charge in [0.25, 0.3) is 20.2 Å². The van der Waals surface area contributed by atoms with Crippen LogP contribution in [0.3, 0.4) is 0 Å². The van der Waals surface area contributed by atoms with Crippen LogP contribution in [0.2, 0.25) is 0 Å². The summed E-state index contributed by atoms with van der Waals surface area (Å²) in [5.74, 6) is 11.1. The Balaban J connectivity index is 2.03. The molecule has 0 saturated heterocycles. The minimum atomic E-state index is -4.57. The normalized spacial score (nSPS) is 16.8. The predicted octanol–water partition coefficient (Wildman–Crippen LogP) is 1.07. The van der Waals surface area contributed by atoms with Crippen LogP contribution >= 0.6 is 23.1 Å². The molecule has 0 bridgehead atoms. The molecule has 0 aliphatic carbocycles. The first-order valence-corrected chi connectivity index (χ1v) is 12.5. The number of thioether (sulfide) groups is 1. The second kappa shape index (κ2) is 7.29. The van der Waals surface area contributed by atoms with Crippen LogP contribution in [0.25, 0.3) is 10.2 Å². The molecular weight excluding hydrogens is 476 g/mol. The van der Waals surface area contributed by atoms with Gasteiger partial charge in [0.2, 0.25) is 0 Å². The molecule has 0 amide bonds. The van der Waals surface area contributed by atoms with Crippen LogP contribution < -0.4 is 27.4 Å².